The van der Waals surface area contributed by atoms with Crippen LogP contribution in [0, 0.1) is 34.5 Å². The molecule has 5 unspecified atom stereocenters. The highest BCUT2D eigenvalue weighted by Crippen LogP contribution is 2.65. The third kappa shape index (κ3) is 2.72. The van der Waals surface area contributed by atoms with E-state index in [-0.39, 0.29) is 34.6 Å². The maximum absolute atomic E-state index is 12.7. The minimum absolute atomic E-state index is 0.0245. The van der Waals surface area contributed by atoms with E-state index >= 15 is 0 Å². The summed E-state index contributed by atoms with van der Waals surface area (Å²) in [5, 5.41) is 11.1. The number of hydrogen-bond donors (Lipinski definition) is 1. The van der Waals surface area contributed by atoms with Crippen LogP contribution in [0.4, 0.5) is 0 Å². The summed E-state index contributed by atoms with van der Waals surface area (Å²) in [5.74, 6) is 0.537. The van der Waals surface area contributed by atoms with E-state index in [1.807, 2.05) is 0 Å². The van der Waals surface area contributed by atoms with Crippen molar-refractivity contribution in [1.82, 2.24) is 0 Å². The standard InChI is InChI=1S/C22H32O5/c1-12(23)27-20-18(25)11-16-19-15(6-8-22(16,20)3)21(2)7-5-14(26-4)9-13(21)10-17(19)24/h5,7,13-17,19-20,24H,6,8-11H2,1-4H3/t13?,14-,15?,16?,17-,19?,20?,21-,22-/m0/s1. The van der Waals surface area contributed by atoms with Crippen LogP contribution in [0.5, 0.6) is 0 Å². The summed E-state index contributed by atoms with van der Waals surface area (Å²) in [6.07, 6.45) is 7.49. The lowest BCUT2D eigenvalue weighted by Crippen LogP contribution is -2.58. The molecule has 1 N–H and O–H groups in total. The molecule has 0 aromatic carbocycles. The van der Waals surface area contributed by atoms with Crippen molar-refractivity contribution >= 4 is 11.8 Å². The van der Waals surface area contributed by atoms with E-state index in [0.717, 1.165) is 25.7 Å². The number of esters is 1. The molecule has 5 nitrogen and oxygen atoms in total. The van der Waals surface area contributed by atoms with Crippen molar-refractivity contribution in [1.29, 1.82) is 0 Å². The summed E-state index contributed by atoms with van der Waals surface area (Å²) in [5.41, 5.74) is -0.329. The SMILES string of the molecule is CO[C@H]1C=C[C@@]2(C)C(C1)C[C@H](O)C1C2CC[C@]2(C)C(OC(C)=O)C(=O)CC12. The van der Waals surface area contributed by atoms with Gasteiger partial charge >= 0.3 is 5.97 Å². The van der Waals surface area contributed by atoms with Crippen LogP contribution >= 0.6 is 0 Å². The molecule has 0 amide bonds. The van der Waals surface area contributed by atoms with Gasteiger partial charge < -0.3 is 14.6 Å². The van der Waals surface area contributed by atoms with Crippen LogP contribution < -0.4 is 0 Å². The highest BCUT2D eigenvalue weighted by molar-refractivity contribution is 5.89. The van der Waals surface area contributed by atoms with Crippen molar-refractivity contribution < 1.29 is 24.2 Å². The molecule has 0 aromatic heterocycles. The van der Waals surface area contributed by atoms with Gasteiger partial charge in [-0.15, -0.1) is 0 Å². The Morgan fingerprint density at radius 3 is 2.67 bits per heavy atom. The summed E-state index contributed by atoms with van der Waals surface area (Å²) in [6, 6.07) is 0. The molecule has 3 saturated carbocycles. The van der Waals surface area contributed by atoms with E-state index in [2.05, 4.69) is 26.0 Å². The average Bonchev–Trinajstić information content (AvgIpc) is 2.86. The van der Waals surface area contributed by atoms with E-state index in [9.17, 15) is 14.7 Å². The highest BCUT2D eigenvalue weighted by Gasteiger charge is 2.65. The second kappa shape index (κ2) is 6.41. The first-order chi connectivity index (χ1) is 12.7. The van der Waals surface area contributed by atoms with Crippen LogP contribution in [-0.4, -0.2) is 42.3 Å². The average molecular weight is 376 g/mol. The summed E-state index contributed by atoms with van der Waals surface area (Å²) in [4.78, 5) is 24.3. The zero-order valence-electron chi connectivity index (χ0n) is 16.8. The number of allylic oxidation sites excluding steroid dienone is 1. The van der Waals surface area contributed by atoms with E-state index in [1.165, 1.54) is 6.92 Å². The Bertz CT molecular complexity index is 672. The van der Waals surface area contributed by atoms with Gasteiger partial charge in [0, 0.05) is 25.9 Å². The smallest absolute Gasteiger partial charge is 0.303 e. The second-order valence-corrected chi connectivity index (χ2v) is 9.73. The minimum Gasteiger partial charge on any atom is -0.454 e. The fraction of sp³-hybridized carbons (Fsp3) is 0.818. The zero-order chi connectivity index (χ0) is 19.6. The number of methoxy groups -OCH3 is 1. The van der Waals surface area contributed by atoms with Gasteiger partial charge in [-0.3, -0.25) is 9.59 Å². The first-order valence-electron chi connectivity index (χ1n) is 10.3. The monoisotopic (exact) mass is 376 g/mol. The fourth-order valence-corrected chi connectivity index (χ4v) is 7.04. The van der Waals surface area contributed by atoms with Gasteiger partial charge in [-0.25, -0.2) is 0 Å². The molecular formula is C22H32O5. The highest BCUT2D eigenvalue weighted by atomic mass is 16.5. The van der Waals surface area contributed by atoms with E-state index in [4.69, 9.17) is 9.47 Å². The number of aliphatic hydroxyl groups excluding tert-OH is 1. The summed E-state index contributed by atoms with van der Waals surface area (Å²) < 4.78 is 11.0. The van der Waals surface area contributed by atoms with E-state index in [0.29, 0.717) is 18.3 Å². The number of rotatable bonds is 2. The molecule has 0 aliphatic heterocycles. The summed E-state index contributed by atoms with van der Waals surface area (Å²) in [7, 11) is 1.74. The predicted molar refractivity (Wildman–Crippen MR) is 99.8 cm³/mol. The third-order valence-corrected chi connectivity index (χ3v) is 8.51. The molecule has 150 valence electrons. The number of ketones is 1. The zero-order valence-corrected chi connectivity index (χ0v) is 16.8. The minimum atomic E-state index is -0.654. The molecule has 0 heterocycles. The predicted octanol–water partition coefficient (Wildman–Crippen LogP) is 2.90. The van der Waals surface area contributed by atoms with Crippen LogP contribution in [0.15, 0.2) is 12.2 Å². The lowest BCUT2D eigenvalue weighted by atomic mass is 9.45. The largest absolute Gasteiger partial charge is 0.454 e. The molecule has 0 spiro atoms. The van der Waals surface area contributed by atoms with Crippen molar-refractivity contribution in [2.45, 2.75) is 71.2 Å². The summed E-state index contributed by atoms with van der Waals surface area (Å²) in [6.45, 7) is 5.79. The Labute approximate surface area is 161 Å². The Balaban J connectivity index is 1.67. The van der Waals surface area contributed by atoms with E-state index < -0.39 is 18.2 Å². The number of ether oxygens (including phenoxy) is 2. The first kappa shape index (κ1) is 19.1. The molecule has 4 aliphatic carbocycles. The molecule has 9 atom stereocenters. The van der Waals surface area contributed by atoms with Crippen LogP contribution in [0.1, 0.15) is 52.9 Å². The number of fused-ring (bicyclic) bond motifs is 5. The van der Waals surface area contributed by atoms with Crippen LogP contribution in [-0.2, 0) is 19.1 Å². The Hall–Kier alpha value is -1.20. The number of aliphatic hydroxyl groups is 1. The fourth-order valence-electron chi connectivity index (χ4n) is 7.04. The van der Waals surface area contributed by atoms with Crippen molar-refractivity contribution in [2.24, 2.45) is 34.5 Å². The van der Waals surface area contributed by atoms with Gasteiger partial charge in [-0.05, 0) is 54.8 Å². The quantitative estimate of drug-likeness (QED) is 0.593. The third-order valence-electron chi connectivity index (χ3n) is 8.51. The lowest BCUT2D eigenvalue weighted by Gasteiger charge is -2.60. The van der Waals surface area contributed by atoms with Crippen molar-refractivity contribution in [3.8, 4) is 0 Å². The molecule has 4 aliphatic rings. The van der Waals surface area contributed by atoms with Gasteiger partial charge in [-0.2, -0.15) is 0 Å². The number of carbonyl (C=O) groups excluding carboxylic acids is 2. The molecule has 0 aromatic rings. The first-order valence-corrected chi connectivity index (χ1v) is 10.3. The van der Waals surface area contributed by atoms with Crippen molar-refractivity contribution in [3.05, 3.63) is 12.2 Å². The molecule has 0 saturated heterocycles. The van der Waals surface area contributed by atoms with Gasteiger partial charge in [0.2, 0.25) is 0 Å². The maximum Gasteiger partial charge on any atom is 0.303 e. The van der Waals surface area contributed by atoms with Gasteiger partial charge in [-0.1, -0.05) is 26.0 Å². The number of carbonyl (C=O) groups is 2. The van der Waals surface area contributed by atoms with Gasteiger partial charge in [0.25, 0.3) is 0 Å². The van der Waals surface area contributed by atoms with E-state index in [1.54, 1.807) is 7.11 Å². The number of Topliss-reactive ketones (excluding diaryl/α,β-unsaturated/α-hetero) is 1. The van der Waals surface area contributed by atoms with Gasteiger partial charge in [0.1, 0.15) is 0 Å². The van der Waals surface area contributed by atoms with Crippen molar-refractivity contribution in [3.63, 3.8) is 0 Å². The molecular weight excluding hydrogens is 344 g/mol. The topological polar surface area (TPSA) is 72.8 Å². The normalized spacial score (nSPS) is 51.3. The van der Waals surface area contributed by atoms with Gasteiger partial charge in [0.05, 0.1) is 12.2 Å². The van der Waals surface area contributed by atoms with Crippen LogP contribution in [0.2, 0.25) is 0 Å². The molecule has 27 heavy (non-hydrogen) atoms. The molecule has 5 heteroatoms. The number of hydrogen-bond acceptors (Lipinski definition) is 5. The molecule has 4 rings (SSSR count). The van der Waals surface area contributed by atoms with Crippen molar-refractivity contribution in [2.75, 3.05) is 7.11 Å². The maximum atomic E-state index is 12.7. The van der Waals surface area contributed by atoms with Crippen LogP contribution in [0.3, 0.4) is 0 Å². The Morgan fingerprint density at radius 2 is 2.00 bits per heavy atom. The lowest BCUT2D eigenvalue weighted by molar-refractivity contribution is -0.171. The molecule has 0 bridgehead atoms. The summed E-state index contributed by atoms with van der Waals surface area (Å²) >= 11 is 0. The van der Waals surface area contributed by atoms with Gasteiger partial charge in [0.15, 0.2) is 11.9 Å². The molecule has 3 fully saturated rings. The Kier molecular flexibility index (Phi) is 4.54. The Morgan fingerprint density at radius 1 is 1.26 bits per heavy atom. The van der Waals surface area contributed by atoms with Crippen LogP contribution in [0.25, 0.3) is 0 Å². The second-order valence-electron chi connectivity index (χ2n) is 9.73. The molecule has 0 radical (unpaired) electrons.